The lowest BCUT2D eigenvalue weighted by molar-refractivity contribution is -0.138. The van der Waals surface area contributed by atoms with Crippen LogP contribution in [-0.2, 0) is 16.0 Å². The summed E-state index contributed by atoms with van der Waals surface area (Å²) in [6, 6.07) is 6.15. The van der Waals surface area contributed by atoms with Crippen LogP contribution in [0.15, 0.2) is 24.3 Å². The highest BCUT2D eigenvalue weighted by Gasteiger charge is 2.39. The number of hydrogen-bond donors (Lipinski definition) is 1. The predicted octanol–water partition coefficient (Wildman–Crippen LogP) is 1.59. The molecule has 1 heterocycles. The van der Waals surface area contributed by atoms with E-state index in [0.717, 1.165) is 5.56 Å². The van der Waals surface area contributed by atoms with Gasteiger partial charge >= 0.3 is 12.0 Å². The average molecular weight is 292 g/mol. The lowest BCUT2D eigenvalue weighted by Crippen LogP contribution is -2.49. The van der Waals surface area contributed by atoms with Gasteiger partial charge in [-0.25, -0.2) is 9.59 Å². The largest absolute Gasteiger partial charge is 0.480 e. The number of para-hydroxylation sites is 1. The second-order valence-corrected chi connectivity index (χ2v) is 4.96. The Bertz CT molecular complexity index is 532. The van der Waals surface area contributed by atoms with Crippen LogP contribution in [0.3, 0.4) is 0 Å². The quantitative estimate of drug-likeness (QED) is 0.837. The number of carbonyl (C=O) groups is 2. The smallest absolute Gasteiger partial charge is 0.327 e. The first kappa shape index (κ1) is 15.3. The number of urea groups is 1. The van der Waals surface area contributed by atoms with Crippen LogP contribution < -0.4 is 4.90 Å². The van der Waals surface area contributed by atoms with Gasteiger partial charge in [-0.05, 0) is 18.6 Å². The van der Waals surface area contributed by atoms with Crippen molar-refractivity contribution in [1.29, 1.82) is 0 Å². The van der Waals surface area contributed by atoms with Crippen LogP contribution in [0.4, 0.5) is 10.5 Å². The molecule has 0 aromatic heterocycles. The molecule has 1 aromatic carbocycles. The first-order valence-corrected chi connectivity index (χ1v) is 6.99. The highest BCUT2D eigenvalue weighted by atomic mass is 16.5. The summed E-state index contributed by atoms with van der Waals surface area (Å²) in [7, 11) is 1.65. The highest BCUT2D eigenvalue weighted by Crippen LogP contribution is 2.32. The Morgan fingerprint density at radius 1 is 1.43 bits per heavy atom. The molecule has 0 bridgehead atoms. The molecule has 1 N–H and O–H groups in total. The first-order chi connectivity index (χ1) is 10.1. The number of fused-ring (bicyclic) bond motifs is 1. The molecule has 1 atom stereocenters. The maximum absolute atomic E-state index is 12.6. The number of likely N-dealkylation sites (N-methyl/N-ethyl adjacent to an activating group) is 1. The maximum Gasteiger partial charge on any atom is 0.327 e. The Kier molecular flexibility index (Phi) is 4.80. The Hall–Kier alpha value is -2.08. The van der Waals surface area contributed by atoms with Crippen LogP contribution in [0.1, 0.15) is 12.5 Å². The maximum atomic E-state index is 12.6. The average Bonchev–Trinajstić information content (AvgIpc) is 2.86. The van der Waals surface area contributed by atoms with Crippen molar-refractivity contribution >= 4 is 17.7 Å². The van der Waals surface area contributed by atoms with Gasteiger partial charge in [-0.15, -0.1) is 0 Å². The molecule has 0 fully saturated rings. The molecule has 0 saturated heterocycles. The van der Waals surface area contributed by atoms with E-state index in [0.29, 0.717) is 31.9 Å². The van der Waals surface area contributed by atoms with Gasteiger partial charge in [0.1, 0.15) is 6.04 Å². The topological polar surface area (TPSA) is 70.1 Å². The van der Waals surface area contributed by atoms with Gasteiger partial charge in [-0.1, -0.05) is 18.2 Å². The van der Waals surface area contributed by atoms with Crippen LogP contribution in [0, 0.1) is 0 Å². The van der Waals surface area contributed by atoms with E-state index in [1.807, 2.05) is 25.1 Å². The number of benzene rings is 1. The van der Waals surface area contributed by atoms with E-state index >= 15 is 0 Å². The first-order valence-electron chi connectivity index (χ1n) is 6.99. The Labute approximate surface area is 123 Å². The number of nitrogens with zero attached hydrogens (tertiary/aromatic N) is 2. The van der Waals surface area contributed by atoms with E-state index in [1.54, 1.807) is 13.1 Å². The molecule has 0 radical (unpaired) electrons. The summed E-state index contributed by atoms with van der Waals surface area (Å²) in [6.07, 6.45) is 0.344. The number of amides is 2. The van der Waals surface area contributed by atoms with E-state index in [9.17, 15) is 14.7 Å². The van der Waals surface area contributed by atoms with Crippen molar-refractivity contribution in [3.05, 3.63) is 29.8 Å². The summed E-state index contributed by atoms with van der Waals surface area (Å²) in [5.41, 5.74) is 1.56. The number of hydrogen-bond acceptors (Lipinski definition) is 3. The Balaban J connectivity index is 2.18. The molecule has 2 rings (SSSR count). The fourth-order valence-corrected chi connectivity index (χ4v) is 2.45. The number of carboxylic acids is 1. The number of ether oxygens (including phenoxy) is 1. The number of aliphatic carboxylic acids is 1. The zero-order chi connectivity index (χ0) is 15.4. The van der Waals surface area contributed by atoms with Crippen LogP contribution in [0.5, 0.6) is 0 Å². The molecule has 6 nitrogen and oxygen atoms in total. The third kappa shape index (κ3) is 3.16. The fraction of sp³-hybridized carbons (Fsp3) is 0.467. The van der Waals surface area contributed by atoms with E-state index < -0.39 is 12.0 Å². The Morgan fingerprint density at radius 3 is 2.81 bits per heavy atom. The minimum Gasteiger partial charge on any atom is -0.480 e. The Morgan fingerprint density at radius 2 is 2.14 bits per heavy atom. The molecule has 6 heteroatoms. The predicted molar refractivity (Wildman–Crippen MR) is 78.6 cm³/mol. The van der Waals surface area contributed by atoms with Crippen LogP contribution in [0.25, 0.3) is 0 Å². The molecular formula is C15H20N2O4. The van der Waals surface area contributed by atoms with E-state index in [2.05, 4.69) is 0 Å². The monoisotopic (exact) mass is 292 g/mol. The van der Waals surface area contributed by atoms with Crippen LogP contribution in [0.2, 0.25) is 0 Å². The molecule has 1 aliphatic heterocycles. The van der Waals surface area contributed by atoms with Gasteiger partial charge in [0.15, 0.2) is 0 Å². The second kappa shape index (κ2) is 6.58. The zero-order valence-corrected chi connectivity index (χ0v) is 12.3. The van der Waals surface area contributed by atoms with Crippen LogP contribution in [-0.4, -0.2) is 54.9 Å². The van der Waals surface area contributed by atoms with Crippen molar-refractivity contribution in [3.63, 3.8) is 0 Å². The summed E-state index contributed by atoms with van der Waals surface area (Å²) >= 11 is 0. The highest BCUT2D eigenvalue weighted by molar-refractivity contribution is 6.00. The molecule has 0 spiro atoms. The molecule has 1 aromatic rings. The van der Waals surface area contributed by atoms with Crippen molar-refractivity contribution in [2.45, 2.75) is 19.4 Å². The molecule has 2 amide bonds. The lowest BCUT2D eigenvalue weighted by Gasteiger charge is -2.28. The second-order valence-electron chi connectivity index (χ2n) is 4.96. The summed E-state index contributed by atoms with van der Waals surface area (Å²) in [4.78, 5) is 26.8. The number of carbonyl (C=O) groups excluding carboxylic acids is 1. The summed E-state index contributed by atoms with van der Waals surface area (Å²) < 4.78 is 5.23. The minimum absolute atomic E-state index is 0.313. The summed E-state index contributed by atoms with van der Waals surface area (Å²) in [5, 5.41) is 9.36. The molecular weight excluding hydrogens is 272 g/mol. The van der Waals surface area contributed by atoms with Crippen molar-refractivity contribution in [3.8, 4) is 0 Å². The van der Waals surface area contributed by atoms with Crippen molar-refractivity contribution in [2.24, 2.45) is 0 Å². The minimum atomic E-state index is -0.988. The molecule has 1 aliphatic rings. The normalized spacial score (nSPS) is 16.7. The molecule has 0 unspecified atom stereocenters. The van der Waals surface area contributed by atoms with Gasteiger partial charge in [0.2, 0.25) is 0 Å². The standard InChI is InChI=1S/C15H20N2O4/c1-3-21-9-8-16(2)15(20)17-12-7-5-4-6-11(12)10-13(17)14(18)19/h4-7,13H,3,8-10H2,1-2H3,(H,18,19)/t13-/m0/s1. The molecule has 114 valence electrons. The summed E-state index contributed by atoms with van der Waals surface area (Å²) in [5.74, 6) is -0.988. The zero-order valence-electron chi connectivity index (χ0n) is 12.3. The van der Waals surface area contributed by atoms with E-state index in [4.69, 9.17) is 4.74 Å². The van der Waals surface area contributed by atoms with Gasteiger partial charge in [0.05, 0.1) is 6.61 Å². The third-order valence-electron chi connectivity index (χ3n) is 3.57. The van der Waals surface area contributed by atoms with Gasteiger partial charge < -0.3 is 14.7 Å². The van der Waals surface area contributed by atoms with Crippen molar-refractivity contribution < 1.29 is 19.4 Å². The van der Waals surface area contributed by atoms with Crippen molar-refractivity contribution in [2.75, 3.05) is 31.7 Å². The molecule has 21 heavy (non-hydrogen) atoms. The molecule has 0 aliphatic carbocycles. The lowest BCUT2D eigenvalue weighted by atomic mass is 10.1. The van der Waals surface area contributed by atoms with Gasteiger partial charge in [-0.3, -0.25) is 4.90 Å². The number of rotatable bonds is 5. The van der Waals surface area contributed by atoms with E-state index in [-0.39, 0.29) is 6.03 Å². The van der Waals surface area contributed by atoms with E-state index in [1.165, 1.54) is 9.80 Å². The fourth-order valence-electron chi connectivity index (χ4n) is 2.45. The van der Waals surface area contributed by atoms with Gasteiger partial charge in [-0.2, -0.15) is 0 Å². The molecule has 0 saturated carbocycles. The van der Waals surface area contributed by atoms with Gasteiger partial charge in [0, 0.05) is 32.3 Å². The SMILES string of the molecule is CCOCCN(C)C(=O)N1c2ccccc2C[C@H]1C(=O)O. The summed E-state index contributed by atoms with van der Waals surface area (Å²) in [6.45, 7) is 3.34. The third-order valence-corrected chi connectivity index (χ3v) is 3.57. The van der Waals surface area contributed by atoms with Crippen molar-refractivity contribution in [1.82, 2.24) is 4.90 Å². The number of carboxylic acid groups (broad SMARTS) is 1. The van der Waals surface area contributed by atoms with Crippen LogP contribution >= 0.6 is 0 Å². The van der Waals surface area contributed by atoms with Gasteiger partial charge in [0.25, 0.3) is 0 Å². The number of anilines is 1.